The average molecular weight is 219 g/mol. The Hall–Kier alpha value is -0.310. The number of ether oxygens (including phenoxy) is 1. The van der Waals surface area contributed by atoms with Gasteiger partial charge in [0.2, 0.25) is 0 Å². The summed E-state index contributed by atoms with van der Waals surface area (Å²) in [5.41, 5.74) is -0.153. The summed E-state index contributed by atoms with van der Waals surface area (Å²) in [7, 11) is 0. The fourth-order valence-corrected chi connectivity index (χ4v) is 0.879. The second-order valence-electron chi connectivity index (χ2n) is 3.02. The van der Waals surface area contributed by atoms with Gasteiger partial charge in [0.15, 0.2) is 0 Å². The topological polar surface area (TPSA) is 26.3 Å². The first-order valence-corrected chi connectivity index (χ1v) is 4.53. The summed E-state index contributed by atoms with van der Waals surface area (Å²) in [5.74, 6) is -0.0666. The zero-order valence-corrected chi connectivity index (χ0v) is 8.06. The first-order chi connectivity index (χ1) is 5.19. The summed E-state index contributed by atoms with van der Waals surface area (Å²) in [6.45, 7) is 2.31. The van der Waals surface area contributed by atoms with Gasteiger partial charge in [0.05, 0.1) is 5.41 Å². The zero-order chi connectivity index (χ0) is 8.32. The van der Waals surface area contributed by atoms with Gasteiger partial charge < -0.3 is 4.74 Å². The number of hydrogen-bond acceptors (Lipinski definition) is 2. The monoisotopic (exact) mass is 218 g/mol. The number of hydrogen-bond donors (Lipinski definition) is 0. The Morgan fingerprint density at radius 3 is 2.82 bits per heavy atom. The molecular formula is C8H11BrO2. The summed E-state index contributed by atoms with van der Waals surface area (Å²) in [4.78, 5) is 12.8. The van der Waals surface area contributed by atoms with Gasteiger partial charge in [0.25, 0.3) is 0 Å². The summed E-state index contributed by atoms with van der Waals surface area (Å²) in [5, 5.41) is 0. The first-order valence-electron chi connectivity index (χ1n) is 3.61. The Balaban J connectivity index is 2.21. The molecule has 2 nitrogen and oxygen atoms in total. The maximum atomic E-state index is 11.1. The van der Waals surface area contributed by atoms with Crippen molar-refractivity contribution in [1.82, 2.24) is 0 Å². The fourth-order valence-electron chi connectivity index (χ4n) is 0.726. The van der Waals surface area contributed by atoms with Crippen molar-refractivity contribution in [1.29, 1.82) is 0 Å². The molecule has 0 N–H and O–H groups in total. The summed E-state index contributed by atoms with van der Waals surface area (Å²) in [6, 6.07) is 0. The van der Waals surface area contributed by atoms with E-state index in [1.807, 2.05) is 6.92 Å². The standard InChI is InChI=1S/C8H11BrO2/c1-8(3-4-8)7(10)11-6-2-5-9/h2,5H,3-4,6H2,1H3/b5-2+. The van der Waals surface area contributed by atoms with Crippen LogP contribution in [0.25, 0.3) is 0 Å². The SMILES string of the molecule is CC1(C(=O)OC/C=C/Br)CC1. The molecule has 11 heavy (non-hydrogen) atoms. The van der Waals surface area contributed by atoms with Gasteiger partial charge in [-0.1, -0.05) is 15.9 Å². The number of esters is 1. The minimum Gasteiger partial charge on any atom is -0.461 e. The molecule has 0 aromatic carbocycles. The van der Waals surface area contributed by atoms with Crippen molar-refractivity contribution in [3.05, 3.63) is 11.1 Å². The van der Waals surface area contributed by atoms with E-state index in [0.29, 0.717) is 6.61 Å². The highest BCUT2D eigenvalue weighted by atomic mass is 79.9. The normalized spacial score (nSPS) is 20.2. The van der Waals surface area contributed by atoms with Gasteiger partial charge in [-0.2, -0.15) is 0 Å². The summed E-state index contributed by atoms with van der Waals surface area (Å²) in [6.07, 6.45) is 3.71. The number of halogens is 1. The molecule has 1 rings (SSSR count). The lowest BCUT2D eigenvalue weighted by Gasteiger charge is -2.05. The number of carbonyl (C=O) groups is 1. The van der Waals surface area contributed by atoms with E-state index < -0.39 is 0 Å². The second-order valence-corrected chi connectivity index (χ2v) is 3.55. The van der Waals surface area contributed by atoms with Crippen molar-refractivity contribution in [3.63, 3.8) is 0 Å². The number of carbonyl (C=O) groups excluding carboxylic acids is 1. The van der Waals surface area contributed by atoms with E-state index in [1.54, 1.807) is 11.1 Å². The fraction of sp³-hybridized carbons (Fsp3) is 0.625. The van der Waals surface area contributed by atoms with E-state index in [1.165, 1.54) is 0 Å². The molecule has 0 heterocycles. The zero-order valence-electron chi connectivity index (χ0n) is 6.47. The maximum Gasteiger partial charge on any atom is 0.312 e. The van der Waals surface area contributed by atoms with E-state index in [0.717, 1.165) is 12.8 Å². The molecular weight excluding hydrogens is 208 g/mol. The summed E-state index contributed by atoms with van der Waals surface area (Å²) >= 11 is 3.09. The van der Waals surface area contributed by atoms with Crippen molar-refractivity contribution in [2.75, 3.05) is 6.61 Å². The molecule has 1 saturated carbocycles. The Morgan fingerprint density at radius 1 is 1.73 bits per heavy atom. The smallest absolute Gasteiger partial charge is 0.312 e. The highest BCUT2D eigenvalue weighted by Gasteiger charge is 2.46. The molecule has 0 spiro atoms. The van der Waals surface area contributed by atoms with Crippen molar-refractivity contribution >= 4 is 21.9 Å². The van der Waals surface area contributed by atoms with Crippen LogP contribution in [-0.4, -0.2) is 12.6 Å². The Labute approximate surface area is 74.7 Å². The van der Waals surface area contributed by atoms with E-state index in [9.17, 15) is 4.79 Å². The third kappa shape index (κ3) is 2.33. The molecule has 3 heteroatoms. The highest BCUT2D eigenvalue weighted by molar-refractivity contribution is 9.11. The molecule has 0 aromatic heterocycles. The Kier molecular flexibility index (Phi) is 2.71. The van der Waals surface area contributed by atoms with Gasteiger partial charge in [-0.05, 0) is 30.8 Å². The van der Waals surface area contributed by atoms with Crippen LogP contribution in [0.15, 0.2) is 11.1 Å². The average Bonchev–Trinajstić information content (AvgIpc) is 2.70. The molecule has 0 aliphatic heterocycles. The van der Waals surface area contributed by atoms with Gasteiger partial charge in [-0.3, -0.25) is 4.79 Å². The molecule has 0 saturated heterocycles. The molecule has 1 aliphatic rings. The predicted molar refractivity (Wildman–Crippen MR) is 46.4 cm³/mol. The van der Waals surface area contributed by atoms with Crippen LogP contribution in [0.4, 0.5) is 0 Å². The Bertz CT molecular complexity index is 183. The minimum atomic E-state index is -0.153. The molecule has 0 amide bonds. The van der Waals surface area contributed by atoms with Crippen molar-refractivity contribution < 1.29 is 9.53 Å². The lowest BCUT2D eigenvalue weighted by molar-refractivity contribution is -0.148. The molecule has 0 aromatic rings. The lowest BCUT2D eigenvalue weighted by Crippen LogP contribution is -2.15. The predicted octanol–water partition coefficient (Wildman–Crippen LogP) is 2.24. The van der Waals surface area contributed by atoms with Crippen LogP contribution in [0.3, 0.4) is 0 Å². The molecule has 0 unspecified atom stereocenters. The van der Waals surface area contributed by atoms with Crippen LogP contribution in [0.2, 0.25) is 0 Å². The molecule has 0 atom stereocenters. The van der Waals surface area contributed by atoms with Gasteiger partial charge in [-0.15, -0.1) is 0 Å². The molecule has 1 aliphatic carbocycles. The number of rotatable bonds is 3. The second kappa shape index (κ2) is 3.39. The van der Waals surface area contributed by atoms with Crippen molar-refractivity contribution in [2.45, 2.75) is 19.8 Å². The molecule has 62 valence electrons. The first kappa shape index (κ1) is 8.78. The van der Waals surface area contributed by atoms with Crippen LogP contribution < -0.4 is 0 Å². The van der Waals surface area contributed by atoms with Gasteiger partial charge in [0.1, 0.15) is 6.61 Å². The van der Waals surface area contributed by atoms with Gasteiger partial charge in [-0.25, -0.2) is 0 Å². The third-order valence-corrected chi connectivity index (χ3v) is 2.27. The highest BCUT2D eigenvalue weighted by Crippen LogP contribution is 2.45. The van der Waals surface area contributed by atoms with Crippen LogP contribution in [0, 0.1) is 5.41 Å². The van der Waals surface area contributed by atoms with Gasteiger partial charge >= 0.3 is 5.97 Å². The van der Waals surface area contributed by atoms with Gasteiger partial charge in [0, 0.05) is 0 Å². The van der Waals surface area contributed by atoms with Crippen LogP contribution >= 0.6 is 15.9 Å². The van der Waals surface area contributed by atoms with E-state index in [2.05, 4.69) is 15.9 Å². The quantitative estimate of drug-likeness (QED) is 0.680. The van der Waals surface area contributed by atoms with E-state index in [-0.39, 0.29) is 11.4 Å². The molecule has 0 radical (unpaired) electrons. The van der Waals surface area contributed by atoms with Crippen molar-refractivity contribution in [2.24, 2.45) is 5.41 Å². The van der Waals surface area contributed by atoms with E-state index >= 15 is 0 Å². The molecule has 0 bridgehead atoms. The Morgan fingerprint density at radius 2 is 2.36 bits per heavy atom. The molecule has 1 fully saturated rings. The minimum absolute atomic E-state index is 0.0666. The summed E-state index contributed by atoms with van der Waals surface area (Å²) < 4.78 is 4.95. The van der Waals surface area contributed by atoms with Crippen LogP contribution in [0.5, 0.6) is 0 Å². The largest absolute Gasteiger partial charge is 0.461 e. The van der Waals surface area contributed by atoms with E-state index in [4.69, 9.17) is 4.74 Å². The van der Waals surface area contributed by atoms with Crippen molar-refractivity contribution in [3.8, 4) is 0 Å². The maximum absolute atomic E-state index is 11.1. The van der Waals surface area contributed by atoms with Crippen LogP contribution in [-0.2, 0) is 9.53 Å². The third-order valence-electron chi connectivity index (χ3n) is 1.89. The van der Waals surface area contributed by atoms with Crippen LogP contribution in [0.1, 0.15) is 19.8 Å². The lowest BCUT2D eigenvalue weighted by atomic mass is 10.1.